The van der Waals surface area contributed by atoms with Crippen molar-refractivity contribution in [2.45, 2.75) is 59.8 Å². The van der Waals surface area contributed by atoms with E-state index in [2.05, 4.69) is 10.1 Å². The van der Waals surface area contributed by atoms with Gasteiger partial charge < -0.3 is 9.64 Å². The van der Waals surface area contributed by atoms with E-state index in [0.717, 1.165) is 11.4 Å². The summed E-state index contributed by atoms with van der Waals surface area (Å²) in [6, 6.07) is 3.41. The first-order valence-corrected chi connectivity index (χ1v) is 9.36. The van der Waals surface area contributed by atoms with E-state index in [0.29, 0.717) is 31.2 Å². The number of amides is 1. The summed E-state index contributed by atoms with van der Waals surface area (Å²) < 4.78 is 8.73. The van der Waals surface area contributed by atoms with Crippen LogP contribution in [0, 0.1) is 13.8 Å². The number of aromatic nitrogens is 4. The first kappa shape index (κ1) is 19.3. The number of hydrogen-bond donors (Lipinski definition) is 0. The molecule has 0 spiro atoms. The zero-order valence-corrected chi connectivity index (χ0v) is 16.6. The topological polar surface area (TPSA) is 82.3 Å². The summed E-state index contributed by atoms with van der Waals surface area (Å²) >= 11 is 0. The maximum Gasteiger partial charge on any atom is 0.255 e. The Balaban J connectivity index is 1.98. The Morgan fingerprint density at radius 3 is 2.44 bits per heavy atom. The minimum Gasteiger partial charge on any atom is -0.372 e. The first-order valence-electron chi connectivity index (χ1n) is 9.36. The zero-order valence-electron chi connectivity index (χ0n) is 16.6. The van der Waals surface area contributed by atoms with Crippen LogP contribution in [-0.2, 0) is 22.5 Å². The largest absolute Gasteiger partial charge is 0.372 e. The third-order valence-electron chi connectivity index (χ3n) is 4.67. The zero-order chi connectivity index (χ0) is 19.7. The van der Waals surface area contributed by atoms with Gasteiger partial charge in [-0.2, -0.15) is 5.10 Å². The summed E-state index contributed by atoms with van der Waals surface area (Å²) in [4.78, 5) is 32.0. The van der Waals surface area contributed by atoms with Crippen LogP contribution in [0.4, 0.5) is 0 Å². The Labute approximate surface area is 158 Å². The van der Waals surface area contributed by atoms with Gasteiger partial charge in [0.15, 0.2) is 0 Å². The molecule has 1 aliphatic rings. The lowest BCUT2D eigenvalue weighted by molar-refractivity contribution is -0.143. The molecule has 0 N–H and O–H groups in total. The van der Waals surface area contributed by atoms with Gasteiger partial charge in [0.05, 0.1) is 17.9 Å². The molecule has 3 rings (SSSR count). The van der Waals surface area contributed by atoms with Crippen molar-refractivity contribution in [3.8, 4) is 5.95 Å². The van der Waals surface area contributed by atoms with Gasteiger partial charge in [-0.3, -0.25) is 14.2 Å². The van der Waals surface area contributed by atoms with Crippen molar-refractivity contribution in [3.63, 3.8) is 0 Å². The van der Waals surface area contributed by atoms with Gasteiger partial charge in [-0.15, -0.1) is 0 Å². The number of morpholine rings is 1. The molecule has 0 aromatic carbocycles. The molecule has 0 aliphatic carbocycles. The number of hydrogen-bond acceptors (Lipinski definition) is 5. The standard InChI is InChI=1S/C19H27N5O3/c1-6-16-8-17(25)23(19(20-16)24-13(3)7-12(2)21-24)11-18(26)22-9-14(4)27-15(5)10-22/h7-8,14-15H,6,9-11H2,1-5H3. The molecule has 1 amide bonds. The highest BCUT2D eigenvalue weighted by atomic mass is 16.5. The summed E-state index contributed by atoms with van der Waals surface area (Å²) in [6.45, 7) is 10.6. The molecular formula is C19H27N5O3. The van der Waals surface area contributed by atoms with Gasteiger partial charge in [-0.1, -0.05) is 6.92 Å². The quantitative estimate of drug-likeness (QED) is 0.805. The average Bonchev–Trinajstić information content (AvgIpc) is 2.93. The van der Waals surface area contributed by atoms with E-state index in [-0.39, 0.29) is 30.2 Å². The van der Waals surface area contributed by atoms with Crippen molar-refractivity contribution in [2.24, 2.45) is 0 Å². The fourth-order valence-electron chi connectivity index (χ4n) is 3.48. The maximum atomic E-state index is 12.9. The minimum absolute atomic E-state index is 0.0227. The van der Waals surface area contributed by atoms with E-state index >= 15 is 0 Å². The third kappa shape index (κ3) is 4.10. The molecule has 27 heavy (non-hydrogen) atoms. The molecule has 2 unspecified atom stereocenters. The van der Waals surface area contributed by atoms with Crippen LogP contribution in [-0.4, -0.2) is 55.4 Å². The molecule has 2 atom stereocenters. The van der Waals surface area contributed by atoms with E-state index in [4.69, 9.17) is 4.74 Å². The predicted octanol–water partition coefficient (Wildman–Crippen LogP) is 1.24. The van der Waals surface area contributed by atoms with Crippen LogP contribution in [0.1, 0.15) is 37.9 Å². The summed E-state index contributed by atoms with van der Waals surface area (Å²) in [7, 11) is 0. The molecule has 8 nitrogen and oxygen atoms in total. The minimum atomic E-state index is -0.243. The summed E-state index contributed by atoms with van der Waals surface area (Å²) in [5.41, 5.74) is 2.13. The Morgan fingerprint density at radius 2 is 1.89 bits per heavy atom. The molecule has 146 valence electrons. The molecular weight excluding hydrogens is 346 g/mol. The van der Waals surface area contributed by atoms with E-state index in [9.17, 15) is 9.59 Å². The summed E-state index contributed by atoms with van der Waals surface area (Å²) in [5.74, 6) is 0.264. The van der Waals surface area contributed by atoms with Crippen LogP contribution in [0.3, 0.4) is 0 Å². The molecule has 0 saturated carbocycles. The van der Waals surface area contributed by atoms with Gasteiger partial charge in [0, 0.05) is 30.5 Å². The lowest BCUT2D eigenvalue weighted by Gasteiger charge is -2.35. The second-order valence-electron chi connectivity index (χ2n) is 7.22. The van der Waals surface area contributed by atoms with Gasteiger partial charge in [0.25, 0.3) is 5.56 Å². The second kappa shape index (κ2) is 7.64. The Bertz CT molecular complexity index is 891. The highest BCUT2D eigenvalue weighted by molar-refractivity contribution is 5.76. The van der Waals surface area contributed by atoms with Crippen molar-refractivity contribution in [3.05, 3.63) is 39.6 Å². The van der Waals surface area contributed by atoms with E-state index in [1.807, 2.05) is 40.7 Å². The van der Waals surface area contributed by atoms with Gasteiger partial charge in [-0.25, -0.2) is 9.67 Å². The lowest BCUT2D eigenvalue weighted by Crippen LogP contribution is -2.49. The SMILES string of the molecule is CCc1cc(=O)n(CC(=O)N2CC(C)OC(C)C2)c(-n2nc(C)cc2C)n1. The van der Waals surface area contributed by atoms with Gasteiger partial charge in [0.2, 0.25) is 11.9 Å². The van der Waals surface area contributed by atoms with Crippen LogP contribution in [0.25, 0.3) is 5.95 Å². The van der Waals surface area contributed by atoms with Gasteiger partial charge in [-0.05, 0) is 40.2 Å². The van der Waals surface area contributed by atoms with Crippen molar-refractivity contribution in [2.75, 3.05) is 13.1 Å². The molecule has 2 aromatic rings. The highest BCUT2D eigenvalue weighted by Gasteiger charge is 2.27. The fourth-order valence-corrected chi connectivity index (χ4v) is 3.48. The van der Waals surface area contributed by atoms with Crippen LogP contribution in [0.15, 0.2) is 16.9 Å². The fraction of sp³-hybridized carbons (Fsp3) is 0.579. The molecule has 2 aromatic heterocycles. The molecule has 3 heterocycles. The van der Waals surface area contributed by atoms with Crippen LogP contribution >= 0.6 is 0 Å². The Kier molecular flexibility index (Phi) is 5.46. The van der Waals surface area contributed by atoms with Crippen LogP contribution in [0.5, 0.6) is 0 Å². The number of rotatable bonds is 4. The van der Waals surface area contributed by atoms with E-state index in [1.54, 1.807) is 9.58 Å². The normalized spacial score (nSPS) is 20.1. The number of nitrogens with zero attached hydrogens (tertiary/aromatic N) is 5. The lowest BCUT2D eigenvalue weighted by atomic mass is 10.2. The number of carbonyl (C=O) groups is 1. The Morgan fingerprint density at radius 1 is 1.22 bits per heavy atom. The summed E-state index contributed by atoms with van der Waals surface area (Å²) in [6.07, 6.45) is 0.588. The number of aryl methyl sites for hydroxylation is 3. The molecule has 0 bridgehead atoms. The third-order valence-corrected chi connectivity index (χ3v) is 4.67. The van der Waals surface area contributed by atoms with Crippen molar-refractivity contribution >= 4 is 5.91 Å². The average molecular weight is 373 g/mol. The first-order chi connectivity index (χ1) is 12.8. The molecule has 0 radical (unpaired) electrons. The summed E-state index contributed by atoms with van der Waals surface area (Å²) in [5, 5.41) is 4.45. The van der Waals surface area contributed by atoms with Gasteiger partial charge in [0.1, 0.15) is 6.54 Å². The molecule has 1 saturated heterocycles. The Hall–Kier alpha value is -2.48. The maximum absolute atomic E-state index is 12.9. The number of ether oxygens (including phenoxy) is 1. The van der Waals surface area contributed by atoms with Crippen LogP contribution < -0.4 is 5.56 Å². The van der Waals surface area contributed by atoms with E-state index in [1.165, 1.54) is 10.6 Å². The van der Waals surface area contributed by atoms with Crippen molar-refractivity contribution in [1.29, 1.82) is 0 Å². The van der Waals surface area contributed by atoms with Crippen LogP contribution in [0.2, 0.25) is 0 Å². The van der Waals surface area contributed by atoms with E-state index < -0.39 is 0 Å². The second-order valence-corrected chi connectivity index (χ2v) is 7.22. The highest BCUT2D eigenvalue weighted by Crippen LogP contribution is 2.13. The number of carbonyl (C=O) groups excluding carboxylic acids is 1. The smallest absolute Gasteiger partial charge is 0.255 e. The van der Waals surface area contributed by atoms with Crippen molar-refractivity contribution in [1.82, 2.24) is 24.2 Å². The molecule has 1 aliphatic heterocycles. The molecule has 8 heteroatoms. The van der Waals surface area contributed by atoms with Gasteiger partial charge >= 0.3 is 0 Å². The monoisotopic (exact) mass is 373 g/mol. The van der Waals surface area contributed by atoms with Crippen molar-refractivity contribution < 1.29 is 9.53 Å². The molecule has 1 fully saturated rings. The predicted molar refractivity (Wildman–Crippen MR) is 101 cm³/mol.